The van der Waals surface area contributed by atoms with E-state index in [2.05, 4.69) is 20.9 Å². The summed E-state index contributed by atoms with van der Waals surface area (Å²) in [6.45, 7) is 9.69. The Bertz CT molecular complexity index is 1620. The van der Waals surface area contributed by atoms with E-state index in [0.29, 0.717) is 67.4 Å². The van der Waals surface area contributed by atoms with Gasteiger partial charge in [0.15, 0.2) is 11.6 Å². The molecule has 2 aromatic carbocycles. The van der Waals surface area contributed by atoms with Crippen molar-refractivity contribution >= 4 is 34.4 Å². The van der Waals surface area contributed by atoms with Crippen LogP contribution in [-0.2, 0) is 15.0 Å². The topological polar surface area (TPSA) is 132 Å². The zero-order chi connectivity index (χ0) is 31.3. The summed E-state index contributed by atoms with van der Waals surface area (Å²) in [5.74, 6) is 0.997. The molecule has 1 fully saturated rings. The second kappa shape index (κ2) is 13.0. The Morgan fingerprint density at radius 2 is 1.59 bits per heavy atom. The number of hydrogen-bond acceptors (Lipinski definition) is 7. The van der Waals surface area contributed by atoms with E-state index in [9.17, 15) is 14.4 Å². The number of ketones is 1. The molecule has 3 heterocycles. The summed E-state index contributed by atoms with van der Waals surface area (Å²) < 4.78 is 0. The Morgan fingerprint density at radius 3 is 2.23 bits per heavy atom. The Hall–Kier alpha value is -4.57. The van der Waals surface area contributed by atoms with Crippen LogP contribution in [0.4, 0.5) is 5.82 Å². The molecule has 1 saturated heterocycles. The van der Waals surface area contributed by atoms with Gasteiger partial charge in [0.25, 0.3) is 5.91 Å². The van der Waals surface area contributed by atoms with E-state index in [1.54, 1.807) is 6.07 Å². The molecule has 2 aromatic heterocycles. The zero-order valence-corrected chi connectivity index (χ0v) is 25.9. The Labute approximate surface area is 258 Å². The number of benzene rings is 2. The van der Waals surface area contributed by atoms with E-state index < -0.39 is 5.41 Å². The van der Waals surface area contributed by atoms with Gasteiger partial charge in [0.05, 0.1) is 17.3 Å². The van der Waals surface area contributed by atoms with Gasteiger partial charge in [-0.25, -0.2) is 9.97 Å². The van der Waals surface area contributed by atoms with Gasteiger partial charge in [-0.15, -0.1) is 0 Å². The fourth-order valence-corrected chi connectivity index (χ4v) is 5.66. The van der Waals surface area contributed by atoms with E-state index in [1.165, 1.54) is 6.92 Å². The summed E-state index contributed by atoms with van der Waals surface area (Å²) >= 11 is 0. The molecule has 2 amide bonds. The van der Waals surface area contributed by atoms with Gasteiger partial charge in [-0.2, -0.15) is 0 Å². The van der Waals surface area contributed by atoms with Crippen LogP contribution in [0.3, 0.4) is 0 Å². The summed E-state index contributed by atoms with van der Waals surface area (Å²) in [6, 6.07) is 21.4. The summed E-state index contributed by atoms with van der Waals surface area (Å²) in [5.41, 5.74) is 1.97. The molecular weight excluding hydrogens is 554 g/mol. The third-order valence-electron chi connectivity index (χ3n) is 8.08. The minimum absolute atomic E-state index is 0.107. The molecular formula is C34H41N7O3. The zero-order valence-electron chi connectivity index (χ0n) is 25.9. The number of hydrogen-bond donors (Lipinski definition) is 4. The first-order chi connectivity index (χ1) is 21.1. The second-order valence-electron chi connectivity index (χ2n) is 12.4. The Morgan fingerprint density at radius 1 is 0.932 bits per heavy atom. The lowest BCUT2D eigenvalue weighted by Crippen LogP contribution is -2.52. The van der Waals surface area contributed by atoms with E-state index in [0.717, 1.165) is 11.1 Å². The summed E-state index contributed by atoms with van der Waals surface area (Å²) in [7, 11) is 0. The first kappa shape index (κ1) is 30.9. The normalized spacial score (nSPS) is 14.8. The van der Waals surface area contributed by atoms with Crippen LogP contribution in [-0.4, -0.2) is 75.7 Å². The van der Waals surface area contributed by atoms with Crippen LogP contribution in [0.5, 0.6) is 0 Å². The molecule has 0 spiro atoms. The van der Waals surface area contributed by atoms with Crippen molar-refractivity contribution in [2.45, 2.75) is 51.5 Å². The van der Waals surface area contributed by atoms with Gasteiger partial charge < -0.3 is 25.8 Å². The standard InChI is InChI=1S/C34H41N7O3/c1-23(42)35-17-18-36-30-26-21-27(38-31(26)40-29(39-30)24-11-7-5-8-12-24)32(44)41-19-15-34(16-20-41,25-13-9-6-10-14-25)28(43)22-37-33(2,3)4/h5-14,21,37H,15-20,22H2,1-4H3,(H,35,42)(H2,36,38,39,40). The van der Waals surface area contributed by atoms with Crippen molar-refractivity contribution in [2.24, 2.45) is 0 Å². The van der Waals surface area contributed by atoms with Gasteiger partial charge in [0, 0.05) is 44.2 Å². The second-order valence-corrected chi connectivity index (χ2v) is 12.4. The fourth-order valence-electron chi connectivity index (χ4n) is 5.66. The lowest BCUT2D eigenvalue weighted by Gasteiger charge is -2.41. The third kappa shape index (κ3) is 6.97. The van der Waals surface area contributed by atoms with Crippen molar-refractivity contribution in [1.29, 1.82) is 0 Å². The molecule has 4 aromatic rings. The first-order valence-electron chi connectivity index (χ1n) is 15.1. The number of amides is 2. The number of nitrogens with zero attached hydrogens (tertiary/aromatic N) is 3. The van der Waals surface area contributed by atoms with Crippen LogP contribution >= 0.6 is 0 Å². The van der Waals surface area contributed by atoms with Crippen LogP contribution in [0.15, 0.2) is 66.7 Å². The van der Waals surface area contributed by atoms with Crippen LogP contribution in [0.25, 0.3) is 22.4 Å². The van der Waals surface area contributed by atoms with E-state index in [1.807, 2.05) is 86.3 Å². The SMILES string of the molecule is CC(=O)NCCNc1nc(-c2ccccc2)nc2[nH]c(C(=O)N3CCC(C(=O)CNC(C)(C)C)(c4ccccc4)CC3)cc12. The van der Waals surface area contributed by atoms with Crippen LogP contribution in [0.1, 0.15) is 56.6 Å². The molecule has 4 N–H and O–H groups in total. The summed E-state index contributed by atoms with van der Waals surface area (Å²) in [4.78, 5) is 53.4. The molecule has 0 unspecified atom stereocenters. The highest BCUT2D eigenvalue weighted by Crippen LogP contribution is 2.37. The minimum Gasteiger partial charge on any atom is -0.368 e. The number of anilines is 1. The quantitative estimate of drug-likeness (QED) is 0.201. The smallest absolute Gasteiger partial charge is 0.270 e. The van der Waals surface area contributed by atoms with Gasteiger partial charge >= 0.3 is 0 Å². The van der Waals surface area contributed by atoms with Gasteiger partial charge in [0.2, 0.25) is 5.91 Å². The average Bonchev–Trinajstić information content (AvgIpc) is 3.46. The molecule has 10 heteroatoms. The molecule has 1 aliphatic heterocycles. The van der Waals surface area contributed by atoms with Crippen molar-refractivity contribution in [3.8, 4) is 11.4 Å². The molecule has 0 bridgehead atoms. The minimum atomic E-state index is -0.655. The van der Waals surface area contributed by atoms with E-state index in [4.69, 9.17) is 9.97 Å². The molecule has 230 valence electrons. The number of aromatic amines is 1. The fraction of sp³-hybridized carbons (Fsp3) is 0.382. The number of Topliss-reactive ketones (excluding diaryl/α,β-unsaturated/α-hetero) is 1. The average molecular weight is 596 g/mol. The molecule has 5 rings (SSSR count). The van der Waals surface area contributed by atoms with Crippen molar-refractivity contribution < 1.29 is 14.4 Å². The lowest BCUT2D eigenvalue weighted by molar-refractivity contribution is -0.125. The Balaban J connectivity index is 1.39. The molecule has 44 heavy (non-hydrogen) atoms. The molecule has 0 aliphatic carbocycles. The van der Waals surface area contributed by atoms with Crippen molar-refractivity contribution in [3.63, 3.8) is 0 Å². The highest BCUT2D eigenvalue weighted by Gasteiger charge is 2.43. The van der Waals surface area contributed by atoms with Crippen LogP contribution in [0, 0.1) is 0 Å². The summed E-state index contributed by atoms with van der Waals surface area (Å²) in [5, 5.41) is 10.1. The largest absolute Gasteiger partial charge is 0.368 e. The molecule has 10 nitrogen and oxygen atoms in total. The van der Waals surface area contributed by atoms with Crippen LogP contribution < -0.4 is 16.0 Å². The number of rotatable bonds is 10. The molecule has 0 radical (unpaired) electrons. The van der Waals surface area contributed by atoms with Crippen molar-refractivity contribution in [3.05, 3.63) is 78.0 Å². The molecule has 0 atom stereocenters. The predicted octanol–water partition coefficient (Wildman–Crippen LogP) is 4.30. The maximum Gasteiger partial charge on any atom is 0.270 e. The Kier molecular flexibility index (Phi) is 9.10. The summed E-state index contributed by atoms with van der Waals surface area (Å²) in [6.07, 6.45) is 1.09. The number of nitrogens with one attached hydrogen (secondary N) is 4. The van der Waals surface area contributed by atoms with Gasteiger partial charge in [-0.05, 0) is 45.2 Å². The number of H-pyrrole nitrogens is 1. The van der Waals surface area contributed by atoms with Gasteiger partial charge in [-0.3, -0.25) is 14.4 Å². The number of piperidine rings is 1. The molecule has 0 saturated carbocycles. The highest BCUT2D eigenvalue weighted by atomic mass is 16.2. The number of aromatic nitrogens is 3. The first-order valence-corrected chi connectivity index (χ1v) is 15.1. The lowest BCUT2D eigenvalue weighted by atomic mass is 9.69. The third-order valence-corrected chi connectivity index (χ3v) is 8.08. The number of likely N-dealkylation sites (tertiary alicyclic amines) is 1. The highest BCUT2D eigenvalue weighted by molar-refractivity contribution is 6.01. The number of fused-ring (bicyclic) bond motifs is 1. The van der Waals surface area contributed by atoms with Crippen LogP contribution in [0.2, 0.25) is 0 Å². The van der Waals surface area contributed by atoms with Gasteiger partial charge in [0.1, 0.15) is 17.2 Å². The van der Waals surface area contributed by atoms with Crippen molar-refractivity contribution in [1.82, 2.24) is 30.5 Å². The number of carbonyl (C=O) groups is 3. The molecule has 1 aliphatic rings. The van der Waals surface area contributed by atoms with Gasteiger partial charge in [-0.1, -0.05) is 60.7 Å². The van der Waals surface area contributed by atoms with E-state index in [-0.39, 0.29) is 29.7 Å². The van der Waals surface area contributed by atoms with Crippen molar-refractivity contribution in [2.75, 3.05) is 38.0 Å². The monoisotopic (exact) mass is 595 g/mol. The van der Waals surface area contributed by atoms with E-state index >= 15 is 0 Å². The maximum absolute atomic E-state index is 13.8. The number of carbonyl (C=O) groups excluding carboxylic acids is 3. The maximum atomic E-state index is 13.8. The predicted molar refractivity (Wildman–Crippen MR) is 173 cm³/mol.